The van der Waals surface area contributed by atoms with Gasteiger partial charge in [-0.25, -0.2) is 0 Å². The van der Waals surface area contributed by atoms with Crippen molar-refractivity contribution in [3.8, 4) is 0 Å². The standard InChI is InChI=1S/C18H20F4/c1-2-12-3-5-13(6-4-12)14-7-8-16-15(11-14)9-10-17(19,20)18(16,21)22/h7-13H,2-6H2,1H3. The van der Waals surface area contributed by atoms with Crippen molar-refractivity contribution >= 4 is 6.08 Å². The normalized spacial score (nSPS) is 29.1. The van der Waals surface area contributed by atoms with Gasteiger partial charge in [-0.1, -0.05) is 37.6 Å². The molecule has 3 rings (SSSR count). The average molecular weight is 312 g/mol. The highest BCUT2D eigenvalue weighted by Crippen LogP contribution is 2.49. The fraction of sp³-hybridized carbons (Fsp3) is 0.556. The number of fused-ring (bicyclic) bond motifs is 1. The summed E-state index contributed by atoms with van der Waals surface area (Å²) in [6.45, 7) is 2.19. The summed E-state index contributed by atoms with van der Waals surface area (Å²) in [7, 11) is 0. The van der Waals surface area contributed by atoms with Gasteiger partial charge in [-0.2, -0.15) is 17.6 Å². The van der Waals surface area contributed by atoms with Crippen LogP contribution in [0.4, 0.5) is 17.6 Å². The Bertz CT molecular complexity index is 581. The number of benzene rings is 1. The van der Waals surface area contributed by atoms with E-state index in [4.69, 9.17) is 0 Å². The third-order valence-electron chi connectivity index (χ3n) is 5.20. The van der Waals surface area contributed by atoms with Gasteiger partial charge in [-0.3, -0.25) is 0 Å². The van der Waals surface area contributed by atoms with Crippen molar-refractivity contribution in [3.05, 3.63) is 41.0 Å². The Balaban J connectivity index is 1.87. The van der Waals surface area contributed by atoms with Gasteiger partial charge in [-0.15, -0.1) is 0 Å². The summed E-state index contributed by atoms with van der Waals surface area (Å²) in [5.41, 5.74) is 0.663. The molecule has 4 heteroatoms. The maximum absolute atomic E-state index is 13.8. The number of hydrogen-bond acceptors (Lipinski definition) is 0. The topological polar surface area (TPSA) is 0 Å². The SMILES string of the molecule is CCC1CCC(c2ccc3c(c2)C=CC(F)(F)C3(F)F)CC1. The predicted molar refractivity (Wildman–Crippen MR) is 79.3 cm³/mol. The van der Waals surface area contributed by atoms with Gasteiger partial charge in [0, 0.05) is 5.56 Å². The maximum Gasteiger partial charge on any atom is 0.339 e. The van der Waals surface area contributed by atoms with Crippen LogP contribution in [0.25, 0.3) is 6.08 Å². The van der Waals surface area contributed by atoms with Gasteiger partial charge >= 0.3 is 11.8 Å². The molecule has 120 valence electrons. The second-order valence-electron chi connectivity index (χ2n) is 6.50. The highest BCUT2D eigenvalue weighted by molar-refractivity contribution is 5.61. The van der Waals surface area contributed by atoms with Crippen LogP contribution in [0.3, 0.4) is 0 Å². The van der Waals surface area contributed by atoms with Crippen LogP contribution in [-0.2, 0) is 5.92 Å². The van der Waals surface area contributed by atoms with E-state index >= 15 is 0 Å². The summed E-state index contributed by atoms with van der Waals surface area (Å²) in [6, 6.07) is 4.47. The maximum atomic E-state index is 13.8. The molecule has 1 saturated carbocycles. The summed E-state index contributed by atoms with van der Waals surface area (Å²) in [4.78, 5) is 0. The molecule has 0 atom stereocenters. The first-order valence-electron chi connectivity index (χ1n) is 7.94. The molecule has 0 bridgehead atoms. The number of hydrogen-bond donors (Lipinski definition) is 0. The Morgan fingerprint density at radius 2 is 1.73 bits per heavy atom. The van der Waals surface area contributed by atoms with Crippen LogP contribution in [-0.4, -0.2) is 5.92 Å². The zero-order chi connectivity index (χ0) is 16.0. The Morgan fingerprint density at radius 3 is 2.36 bits per heavy atom. The van der Waals surface area contributed by atoms with Gasteiger partial charge in [0.15, 0.2) is 0 Å². The molecule has 0 radical (unpaired) electrons. The Kier molecular flexibility index (Phi) is 3.82. The molecule has 0 saturated heterocycles. The molecule has 0 spiro atoms. The van der Waals surface area contributed by atoms with Crippen LogP contribution in [0, 0.1) is 5.92 Å². The number of halogens is 4. The first-order chi connectivity index (χ1) is 10.3. The molecule has 1 aromatic carbocycles. The fourth-order valence-corrected chi connectivity index (χ4v) is 3.64. The van der Waals surface area contributed by atoms with Gasteiger partial charge in [0.25, 0.3) is 0 Å². The molecule has 22 heavy (non-hydrogen) atoms. The molecule has 0 heterocycles. The molecule has 0 unspecified atom stereocenters. The minimum absolute atomic E-state index is 0.228. The van der Waals surface area contributed by atoms with E-state index < -0.39 is 17.4 Å². The summed E-state index contributed by atoms with van der Waals surface area (Å²) in [5, 5.41) is 0. The molecular formula is C18H20F4. The van der Waals surface area contributed by atoms with Crippen LogP contribution >= 0.6 is 0 Å². The van der Waals surface area contributed by atoms with Crippen LogP contribution < -0.4 is 0 Å². The van der Waals surface area contributed by atoms with Gasteiger partial charge in [0.2, 0.25) is 0 Å². The lowest BCUT2D eigenvalue weighted by Crippen LogP contribution is -2.38. The Labute approximate surface area is 128 Å². The van der Waals surface area contributed by atoms with E-state index in [1.165, 1.54) is 12.5 Å². The monoisotopic (exact) mass is 312 g/mol. The van der Waals surface area contributed by atoms with E-state index in [9.17, 15) is 17.6 Å². The number of alkyl halides is 4. The summed E-state index contributed by atoms with van der Waals surface area (Å²) in [6.07, 6.45) is 7.05. The van der Waals surface area contributed by atoms with E-state index in [1.807, 2.05) is 0 Å². The molecule has 2 aliphatic rings. The smallest absolute Gasteiger partial charge is 0.195 e. The summed E-state index contributed by atoms with van der Waals surface area (Å²) >= 11 is 0. The largest absolute Gasteiger partial charge is 0.339 e. The van der Waals surface area contributed by atoms with Crippen molar-refractivity contribution in [1.82, 2.24) is 0 Å². The van der Waals surface area contributed by atoms with Crippen molar-refractivity contribution in [2.24, 2.45) is 5.92 Å². The highest BCUT2D eigenvalue weighted by Gasteiger charge is 2.57. The van der Waals surface area contributed by atoms with Crippen molar-refractivity contribution in [2.45, 2.75) is 56.8 Å². The van der Waals surface area contributed by atoms with Crippen LogP contribution in [0.15, 0.2) is 24.3 Å². The van der Waals surface area contributed by atoms with Gasteiger partial charge in [0.05, 0.1) is 0 Å². The van der Waals surface area contributed by atoms with E-state index in [0.29, 0.717) is 12.0 Å². The van der Waals surface area contributed by atoms with Gasteiger partial charge in [-0.05, 0) is 54.7 Å². The third kappa shape index (κ3) is 2.46. The lowest BCUT2D eigenvalue weighted by Gasteiger charge is -2.31. The molecular weight excluding hydrogens is 292 g/mol. The molecule has 0 aliphatic heterocycles. The predicted octanol–water partition coefficient (Wildman–Crippen LogP) is 6.12. The third-order valence-corrected chi connectivity index (χ3v) is 5.20. The van der Waals surface area contributed by atoms with Crippen LogP contribution in [0.2, 0.25) is 0 Å². The summed E-state index contributed by atoms with van der Waals surface area (Å²) < 4.78 is 54.4. The van der Waals surface area contributed by atoms with Crippen molar-refractivity contribution in [1.29, 1.82) is 0 Å². The Hall–Kier alpha value is -1.32. The van der Waals surface area contributed by atoms with Crippen molar-refractivity contribution in [2.75, 3.05) is 0 Å². The molecule has 1 aromatic rings. The van der Waals surface area contributed by atoms with Crippen LogP contribution in [0.5, 0.6) is 0 Å². The van der Waals surface area contributed by atoms with Crippen LogP contribution in [0.1, 0.15) is 61.6 Å². The van der Waals surface area contributed by atoms with E-state index in [-0.39, 0.29) is 5.56 Å². The second-order valence-corrected chi connectivity index (χ2v) is 6.50. The lowest BCUT2D eigenvalue weighted by atomic mass is 9.77. The average Bonchev–Trinajstić information content (AvgIpc) is 2.51. The van der Waals surface area contributed by atoms with Gasteiger partial charge < -0.3 is 0 Å². The highest BCUT2D eigenvalue weighted by atomic mass is 19.3. The lowest BCUT2D eigenvalue weighted by molar-refractivity contribution is -0.187. The molecule has 0 N–H and O–H groups in total. The van der Waals surface area contributed by atoms with Crippen molar-refractivity contribution in [3.63, 3.8) is 0 Å². The summed E-state index contributed by atoms with van der Waals surface area (Å²) in [5.74, 6) is -7.12. The zero-order valence-electron chi connectivity index (χ0n) is 12.6. The quantitative estimate of drug-likeness (QED) is 0.577. The van der Waals surface area contributed by atoms with Gasteiger partial charge in [0.1, 0.15) is 0 Å². The first kappa shape index (κ1) is 15.6. The van der Waals surface area contributed by atoms with Crippen molar-refractivity contribution < 1.29 is 17.6 Å². The molecule has 2 aliphatic carbocycles. The minimum Gasteiger partial charge on any atom is -0.195 e. The first-order valence-corrected chi connectivity index (χ1v) is 7.94. The molecule has 0 nitrogen and oxygen atoms in total. The molecule has 0 aromatic heterocycles. The fourth-order valence-electron chi connectivity index (χ4n) is 3.64. The minimum atomic E-state index is -4.13. The van der Waals surface area contributed by atoms with E-state index in [0.717, 1.165) is 43.2 Å². The molecule has 1 fully saturated rings. The van der Waals surface area contributed by atoms with E-state index in [1.54, 1.807) is 12.1 Å². The second kappa shape index (κ2) is 5.39. The van der Waals surface area contributed by atoms with E-state index in [2.05, 4.69) is 6.92 Å². The Morgan fingerprint density at radius 1 is 1.05 bits per heavy atom. The number of rotatable bonds is 2. The zero-order valence-corrected chi connectivity index (χ0v) is 12.6. The number of allylic oxidation sites excluding steroid dienone is 1. The molecule has 0 amide bonds.